The first kappa shape index (κ1) is 12.2. The van der Waals surface area contributed by atoms with E-state index in [2.05, 4.69) is 16.9 Å². The number of thiazole rings is 1. The second kappa shape index (κ2) is 4.18. The summed E-state index contributed by atoms with van der Waals surface area (Å²) in [5.41, 5.74) is 1.04. The number of halogens is 2. The van der Waals surface area contributed by atoms with E-state index in [-0.39, 0.29) is 25.2 Å². The number of alkyl halides is 2. The Bertz CT molecular complexity index is 482. The summed E-state index contributed by atoms with van der Waals surface area (Å²) in [7, 11) is 0. The number of carbonyl (C=O) groups excluding carboxylic acids is 1. The molecule has 1 amide bonds. The Morgan fingerprint density at radius 3 is 2.94 bits per heavy atom. The van der Waals surface area contributed by atoms with E-state index in [4.69, 9.17) is 0 Å². The molecule has 0 radical (unpaired) electrons. The Balaban J connectivity index is 2.16. The average Bonchev–Trinajstić information content (AvgIpc) is 2.57. The molecule has 17 heavy (non-hydrogen) atoms. The van der Waals surface area contributed by atoms with Crippen LogP contribution in [0.1, 0.15) is 23.9 Å². The summed E-state index contributed by atoms with van der Waals surface area (Å²) < 4.78 is 26.3. The van der Waals surface area contributed by atoms with Gasteiger partial charge >= 0.3 is 0 Å². The molecule has 0 aromatic carbocycles. The van der Waals surface area contributed by atoms with Gasteiger partial charge in [0.15, 0.2) is 5.13 Å². The van der Waals surface area contributed by atoms with Gasteiger partial charge in [-0.25, -0.2) is 13.8 Å². The monoisotopic (exact) mass is 258 g/mol. The third kappa shape index (κ3) is 2.69. The van der Waals surface area contributed by atoms with E-state index >= 15 is 0 Å². The van der Waals surface area contributed by atoms with Gasteiger partial charge in [0.1, 0.15) is 0 Å². The van der Waals surface area contributed by atoms with Gasteiger partial charge in [0, 0.05) is 23.3 Å². The lowest BCUT2D eigenvalue weighted by Crippen LogP contribution is -2.24. The Labute approximate surface area is 102 Å². The molecule has 0 fully saturated rings. The highest BCUT2D eigenvalue weighted by molar-refractivity contribution is 7.15. The van der Waals surface area contributed by atoms with Gasteiger partial charge in [-0.2, -0.15) is 0 Å². The van der Waals surface area contributed by atoms with Gasteiger partial charge in [-0.3, -0.25) is 10.1 Å². The molecule has 1 aromatic heterocycles. The maximum Gasteiger partial charge on any atom is 0.253 e. The number of carbonyl (C=O) groups is 1. The molecule has 1 aliphatic carbocycles. The van der Waals surface area contributed by atoms with Gasteiger partial charge in [-0.05, 0) is 13.3 Å². The molecule has 0 saturated heterocycles. The zero-order valence-electron chi connectivity index (χ0n) is 9.35. The number of nitrogens with zero attached hydrogens (tertiary/aromatic N) is 1. The SMILES string of the molecule is C=C(C)C(=O)Nc1nc2c(s1)CC(F)(F)CC2. The number of fused-ring (bicyclic) bond motifs is 1. The molecule has 0 aliphatic heterocycles. The molecule has 6 heteroatoms. The van der Waals surface area contributed by atoms with Crippen molar-refractivity contribution in [1.82, 2.24) is 4.98 Å². The van der Waals surface area contributed by atoms with Crippen LogP contribution in [0.4, 0.5) is 13.9 Å². The lowest BCUT2D eigenvalue weighted by molar-refractivity contribution is -0.112. The Morgan fingerprint density at radius 1 is 1.59 bits per heavy atom. The summed E-state index contributed by atoms with van der Waals surface area (Å²) >= 11 is 1.12. The normalized spacial score (nSPS) is 17.4. The summed E-state index contributed by atoms with van der Waals surface area (Å²) in [5.74, 6) is -2.97. The third-order valence-electron chi connectivity index (χ3n) is 2.53. The van der Waals surface area contributed by atoms with Crippen molar-refractivity contribution in [3.05, 3.63) is 22.7 Å². The first-order chi connectivity index (χ1) is 7.87. The van der Waals surface area contributed by atoms with Gasteiger partial charge in [0.05, 0.1) is 5.69 Å². The largest absolute Gasteiger partial charge is 0.298 e. The van der Waals surface area contributed by atoms with Gasteiger partial charge in [0.2, 0.25) is 0 Å². The van der Waals surface area contributed by atoms with Crippen LogP contribution in [0.25, 0.3) is 0 Å². The van der Waals surface area contributed by atoms with Gasteiger partial charge < -0.3 is 0 Å². The smallest absolute Gasteiger partial charge is 0.253 e. The van der Waals surface area contributed by atoms with Crippen molar-refractivity contribution in [3.63, 3.8) is 0 Å². The fourth-order valence-corrected chi connectivity index (χ4v) is 2.68. The van der Waals surface area contributed by atoms with Crippen LogP contribution in [-0.4, -0.2) is 16.8 Å². The minimum atomic E-state index is -2.64. The van der Waals surface area contributed by atoms with Crippen molar-refractivity contribution in [1.29, 1.82) is 0 Å². The summed E-state index contributed by atoms with van der Waals surface area (Å²) in [6, 6.07) is 0. The molecule has 0 bridgehead atoms. The minimum absolute atomic E-state index is 0.169. The van der Waals surface area contributed by atoms with Crippen LogP contribution in [0, 0.1) is 0 Å². The second-order valence-electron chi connectivity index (χ2n) is 4.16. The Kier molecular flexibility index (Phi) is 2.99. The topological polar surface area (TPSA) is 42.0 Å². The van der Waals surface area contributed by atoms with Crippen LogP contribution in [0.2, 0.25) is 0 Å². The van der Waals surface area contributed by atoms with Gasteiger partial charge in [-0.1, -0.05) is 6.58 Å². The molecule has 0 unspecified atom stereocenters. The fraction of sp³-hybridized carbons (Fsp3) is 0.455. The number of aryl methyl sites for hydroxylation is 1. The Morgan fingerprint density at radius 2 is 2.29 bits per heavy atom. The van der Waals surface area contributed by atoms with Crippen LogP contribution < -0.4 is 5.32 Å². The van der Waals surface area contributed by atoms with Crippen LogP contribution in [0.3, 0.4) is 0 Å². The molecule has 1 aliphatic rings. The van der Waals surface area contributed by atoms with Crippen molar-refractivity contribution < 1.29 is 13.6 Å². The number of hydrogen-bond acceptors (Lipinski definition) is 3. The minimum Gasteiger partial charge on any atom is -0.298 e. The molecule has 3 nitrogen and oxygen atoms in total. The van der Waals surface area contributed by atoms with E-state index in [1.54, 1.807) is 6.92 Å². The van der Waals surface area contributed by atoms with E-state index in [0.29, 0.717) is 21.3 Å². The highest BCUT2D eigenvalue weighted by Gasteiger charge is 2.36. The fourth-order valence-electron chi connectivity index (χ4n) is 1.60. The predicted molar refractivity (Wildman–Crippen MR) is 62.5 cm³/mol. The van der Waals surface area contributed by atoms with Crippen molar-refractivity contribution in [2.75, 3.05) is 5.32 Å². The number of anilines is 1. The van der Waals surface area contributed by atoms with Crippen molar-refractivity contribution >= 4 is 22.4 Å². The number of nitrogens with one attached hydrogen (secondary N) is 1. The van der Waals surface area contributed by atoms with Crippen molar-refractivity contribution in [2.24, 2.45) is 0 Å². The lowest BCUT2D eigenvalue weighted by Gasteiger charge is -2.19. The first-order valence-corrected chi connectivity index (χ1v) is 6.02. The molecular formula is C11H12F2N2OS. The van der Waals surface area contributed by atoms with E-state index in [1.807, 2.05) is 0 Å². The highest BCUT2D eigenvalue weighted by atomic mass is 32.1. The number of aromatic nitrogens is 1. The van der Waals surface area contributed by atoms with Crippen LogP contribution in [-0.2, 0) is 17.6 Å². The number of hydrogen-bond donors (Lipinski definition) is 1. The maximum atomic E-state index is 13.2. The lowest BCUT2D eigenvalue weighted by atomic mass is 9.99. The molecule has 1 aromatic rings. The van der Waals surface area contributed by atoms with Crippen LogP contribution in [0.5, 0.6) is 0 Å². The third-order valence-corrected chi connectivity index (χ3v) is 3.55. The first-order valence-electron chi connectivity index (χ1n) is 5.21. The van der Waals surface area contributed by atoms with E-state index < -0.39 is 5.92 Å². The number of amides is 1. The van der Waals surface area contributed by atoms with Gasteiger partial charge in [0.25, 0.3) is 11.8 Å². The molecule has 0 saturated carbocycles. The predicted octanol–water partition coefficient (Wildman–Crippen LogP) is 2.78. The summed E-state index contributed by atoms with van der Waals surface area (Å²) in [6.07, 6.45) is -0.178. The summed E-state index contributed by atoms with van der Waals surface area (Å²) in [4.78, 5) is 16.1. The van der Waals surface area contributed by atoms with Crippen molar-refractivity contribution in [2.45, 2.75) is 32.1 Å². The molecule has 1 N–H and O–H groups in total. The van der Waals surface area contributed by atoms with Crippen molar-refractivity contribution in [3.8, 4) is 0 Å². The molecule has 1 heterocycles. The van der Waals surface area contributed by atoms with Gasteiger partial charge in [-0.15, -0.1) is 11.3 Å². The molecule has 0 spiro atoms. The molecular weight excluding hydrogens is 246 g/mol. The average molecular weight is 258 g/mol. The summed E-state index contributed by atoms with van der Waals surface area (Å²) in [6.45, 7) is 5.08. The zero-order valence-corrected chi connectivity index (χ0v) is 10.2. The standard InChI is InChI=1S/C11H12F2N2OS/c1-6(2)9(16)15-10-14-7-3-4-11(12,13)5-8(7)17-10/h1,3-5H2,2H3,(H,14,15,16). The second-order valence-corrected chi connectivity index (χ2v) is 5.24. The number of rotatable bonds is 2. The Hall–Kier alpha value is -1.30. The molecule has 2 rings (SSSR count). The van der Waals surface area contributed by atoms with E-state index in [9.17, 15) is 13.6 Å². The zero-order chi connectivity index (χ0) is 12.6. The summed E-state index contributed by atoms with van der Waals surface area (Å²) in [5, 5.41) is 2.93. The van der Waals surface area contributed by atoms with Crippen LogP contribution in [0.15, 0.2) is 12.2 Å². The molecule has 92 valence electrons. The quantitative estimate of drug-likeness (QED) is 0.829. The van der Waals surface area contributed by atoms with E-state index in [1.165, 1.54) is 0 Å². The maximum absolute atomic E-state index is 13.2. The van der Waals surface area contributed by atoms with Crippen LogP contribution >= 0.6 is 11.3 Å². The molecule has 0 atom stereocenters. The van der Waals surface area contributed by atoms with E-state index in [0.717, 1.165) is 11.3 Å². The highest BCUT2D eigenvalue weighted by Crippen LogP contribution is 2.37.